The number of hydrogen-bond acceptors (Lipinski definition) is 7. The van der Waals surface area contributed by atoms with Crippen LogP contribution in [0.5, 0.6) is 0 Å². The second-order valence-electron chi connectivity index (χ2n) is 17.4. The van der Waals surface area contributed by atoms with Crippen LogP contribution in [0.4, 0.5) is 0 Å². The minimum atomic E-state index is 0.0794. The van der Waals surface area contributed by atoms with Gasteiger partial charge >= 0.3 is 0 Å². The lowest BCUT2D eigenvalue weighted by molar-refractivity contribution is -0.223. The Morgan fingerprint density at radius 1 is 0.700 bits per heavy atom. The summed E-state index contributed by atoms with van der Waals surface area (Å²) in [6, 6.07) is 0. The fraction of sp³-hybridized carbons (Fsp3) is 0.953. The molecule has 6 N–H and O–H groups in total. The molecule has 0 amide bonds. The number of nitrogens with two attached hydrogens (primary N) is 3. The molecule has 4 aliphatic rings. The lowest BCUT2D eigenvalue weighted by Crippen LogP contribution is -2.63. The van der Waals surface area contributed by atoms with Crippen LogP contribution in [0.25, 0.3) is 0 Å². The summed E-state index contributed by atoms with van der Waals surface area (Å²) in [4.78, 5) is 2.75. The van der Waals surface area contributed by atoms with Crippen molar-refractivity contribution in [2.75, 3.05) is 59.1 Å². The molecule has 0 spiro atoms. The van der Waals surface area contributed by atoms with Crippen LogP contribution in [-0.2, 0) is 14.2 Å². The lowest BCUT2D eigenvalue weighted by Gasteiger charge is -2.64. The Balaban J connectivity index is 1.53. The van der Waals surface area contributed by atoms with E-state index in [1.165, 1.54) is 89.4 Å². The third kappa shape index (κ3) is 10.4. The molecule has 292 valence electrons. The van der Waals surface area contributed by atoms with Gasteiger partial charge in [-0.15, -0.1) is 0 Å². The first-order valence-electron chi connectivity index (χ1n) is 21.6. The first kappa shape index (κ1) is 42.2. The molecule has 50 heavy (non-hydrogen) atoms. The summed E-state index contributed by atoms with van der Waals surface area (Å²) >= 11 is 0. The van der Waals surface area contributed by atoms with Gasteiger partial charge in [-0.1, -0.05) is 65.5 Å². The van der Waals surface area contributed by atoms with Gasteiger partial charge in [0.05, 0.1) is 18.3 Å². The van der Waals surface area contributed by atoms with E-state index in [9.17, 15) is 0 Å². The van der Waals surface area contributed by atoms with E-state index in [4.69, 9.17) is 38.0 Å². The van der Waals surface area contributed by atoms with Crippen molar-refractivity contribution in [1.82, 2.24) is 4.90 Å². The molecule has 4 aliphatic carbocycles. The largest absolute Gasteiger partial charge is 0.378 e. The molecule has 0 bridgehead atoms. The monoisotopic (exact) mass is 703 g/mol. The van der Waals surface area contributed by atoms with E-state index in [1.54, 1.807) is 0 Å². The topological polar surface area (TPSA) is 109 Å². The van der Waals surface area contributed by atoms with Gasteiger partial charge in [-0.05, 0) is 164 Å². The Kier molecular flexibility index (Phi) is 18.0. The van der Waals surface area contributed by atoms with Crippen molar-refractivity contribution in [2.45, 2.75) is 162 Å². The van der Waals surface area contributed by atoms with Crippen molar-refractivity contribution in [3.05, 3.63) is 12.2 Å². The highest BCUT2D eigenvalue weighted by molar-refractivity contribution is 5.20. The molecule has 0 aromatic rings. The molecular weight excluding hydrogens is 620 g/mol. The van der Waals surface area contributed by atoms with Gasteiger partial charge in [-0.3, -0.25) is 0 Å². The molecule has 7 nitrogen and oxygen atoms in total. The normalized spacial score (nSPS) is 35.2. The zero-order valence-electron chi connectivity index (χ0n) is 33.3. The van der Waals surface area contributed by atoms with E-state index in [-0.39, 0.29) is 23.0 Å². The highest BCUT2D eigenvalue weighted by Gasteiger charge is 2.66. The maximum absolute atomic E-state index is 7.04. The zero-order chi connectivity index (χ0) is 36.0. The average Bonchev–Trinajstić information content (AvgIpc) is 3.47. The van der Waals surface area contributed by atoms with E-state index in [1.807, 2.05) is 0 Å². The van der Waals surface area contributed by atoms with Gasteiger partial charge in [-0.2, -0.15) is 0 Å². The van der Waals surface area contributed by atoms with Crippen LogP contribution < -0.4 is 17.2 Å². The molecule has 0 heterocycles. The predicted molar refractivity (Wildman–Crippen MR) is 210 cm³/mol. The Bertz CT molecular complexity index is 956. The highest BCUT2D eigenvalue weighted by atomic mass is 16.5. The van der Waals surface area contributed by atoms with E-state index < -0.39 is 0 Å². The summed E-state index contributed by atoms with van der Waals surface area (Å²) in [6.45, 7) is 22.9. The summed E-state index contributed by atoms with van der Waals surface area (Å²) in [6.07, 6.45) is 22.3. The van der Waals surface area contributed by atoms with Crippen molar-refractivity contribution in [1.29, 1.82) is 0 Å². The number of ether oxygens (including phenoxy) is 3. The lowest BCUT2D eigenvalue weighted by atomic mass is 9.43. The second kappa shape index (κ2) is 21.4. The van der Waals surface area contributed by atoms with E-state index in [0.29, 0.717) is 55.3 Å². The number of fused-ring (bicyclic) bond motifs is 5. The maximum Gasteiger partial charge on any atom is 0.0640 e. The first-order chi connectivity index (χ1) is 24.3. The quantitative estimate of drug-likeness (QED) is 0.0652. The van der Waals surface area contributed by atoms with Crippen LogP contribution in [0.15, 0.2) is 12.2 Å². The molecule has 0 aliphatic heterocycles. The minimum Gasteiger partial charge on any atom is -0.378 e. The summed E-state index contributed by atoms with van der Waals surface area (Å²) in [5, 5.41) is 0. The highest BCUT2D eigenvalue weighted by Crippen LogP contribution is 2.69. The van der Waals surface area contributed by atoms with Crippen molar-refractivity contribution in [3.63, 3.8) is 0 Å². The third-order valence-electron chi connectivity index (χ3n) is 14.4. The van der Waals surface area contributed by atoms with E-state index in [0.717, 1.165) is 71.2 Å². The van der Waals surface area contributed by atoms with Gasteiger partial charge in [-0.25, -0.2) is 0 Å². The molecule has 4 saturated carbocycles. The third-order valence-corrected chi connectivity index (χ3v) is 14.4. The van der Waals surface area contributed by atoms with Crippen LogP contribution in [0.1, 0.15) is 143 Å². The SMILES string of the molecule is C=C(CCCN(CCCCC)CCCCC)C1CC[C@H]2C3C(OCCCN)CC4CC(OCCCN)CCC4(C)[C@H]3C[C@H](OCCCN)C12C. The minimum absolute atomic E-state index is 0.0794. The van der Waals surface area contributed by atoms with Crippen molar-refractivity contribution in [3.8, 4) is 0 Å². The summed E-state index contributed by atoms with van der Waals surface area (Å²) < 4.78 is 20.4. The summed E-state index contributed by atoms with van der Waals surface area (Å²) in [7, 11) is 0. The molecule has 0 saturated heterocycles. The molecule has 7 heteroatoms. The van der Waals surface area contributed by atoms with Gasteiger partial charge in [0.25, 0.3) is 0 Å². The summed E-state index contributed by atoms with van der Waals surface area (Å²) in [5.74, 6) is 2.87. The fourth-order valence-corrected chi connectivity index (χ4v) is 11.5. The zero-order valence-corrected chi connectivity index (χ0v) is 33.3. The average molecular weight is 703 g/mol. The molecule has 0 radical (unpaired) electrons. The molecule has 0 aromatic heterocycles. The number of nitrogens with zero attached hydrogens (tertiary/aromatic N) is 1. The van der Waals surface area contributed by atoms with Crippen LogP contribution >= 0.6 is 0 Å². The smallest absolute Gasteiger partial charge is 0.0640 e. The van der Waals surface area contributed by atoms with Crippen molar-refractivity contribution >= 4 is 0 Å². The number of unbranched alkanes of at least 4 members (excludes halogenated alkanes) is 4. The summed E-state index contributed by atoms with van der Waals surface area (Å²) in [5.41, 5.74) is 19.7. The van der Waals surface area contributed by atoms with Crippen LogP contribution in [0, 0.1) is 40.4 Å². The molecule has 4 fully saturated rings. The Labute approximate surface area is 308 Å². The van der Waals surface area contributed by atoms with Gasteiger partial charge < -0.3 is 36.3 Å². The Morgan fingerprint density at radius 2 is 1.32 bits per heavy atom. The van der Waals surface area contributed by atoms with Gasteiger partial charge in [0, 0.05) is 25.2 Å². The fourth-order valence-electron chi connectivity index (χ4n) is 11.5. The van der Waals surface area contributed by atoms with Crippen LogP contribution in [-0.4, -0.2) is 82.3 Å². The molecule has 7 unspecified atom stereocenters. The van der Waals surface area contributed by atoms with Crippen molar-refractivity contribution < 1.29 is 14.2 Å². The molecular formula is C43H82N4O3. The predicted octanol–water partition coefficient (Wildman–Crippen LogP) is 8.09. The Morgan fingerprint density at radius 3 is 1.96 bits per heavy atom. The molecule has 10 atom stereocenters. The van der Waals surface area contributed by atoms with E-state index >= 15 is 0 Å². The van der Waals surface area contributed by atoms with Crippen molar-refractivity contribution in [2.24, 2.45) is 57.6 Å². The van der Waals surface area contributed by atoms with Crippen LogP contribution in [0.3, 0.4) is 0 Å². The standard InChI is InChI=1S/C43H82N4O3/c1-6-8-10-24-47(25-11-9-7-2)26-12-16-33(3)36-17-18-37-41-38(32-40(43(36,37)5)50-29-15-23-46)42(4)20-19-35(48-27-13-21-44)30-34(42)31-39(41)49-28-14-22-45/h34-41H,3,6-32,44-46H2,1-2,4-5H3/t34?,35?,36?,37-,38-,39?,40-,41?,42?,43?/m0/s1. The van der Waals surface area contributed by atoms with Gasteiger partial charge in [0.15, 0.2) is 0 Å². The van der Waals surface area contributed by atoms with Crippen LogP contribution in [0.2, 0.25) is 0 Å². The molecule has 0 aromatic carbocycles. The first-order valence-corrected chi connectivity index (χ1v) is 21.6. The van der Waals surface area contributed by atoms with Gasteiger partial charge in [0.2, 0.25) is 0 Å². The second-order valence-corrected chi connectivity index (χ2v) is 17.4. The Hall–Kier alpha value is -0.540. The number of hydrogen-bond donors (Lipinski definition) is 3. The number of rotatable bonds is 25. The van der Waals surface area contributed by atoms with Gasteiger partial charge in [0.1, 0.15) is 0 Å². The number of allylic oxidation sites excluding steroid dienone is 1. The maximum atomic E-state index is 7.04. The molecule has 4 rings (SSSR count). The van der Waals surface area contributed by atoms with E-state index in [2.05, 4.69) is 32.6 Å².